The molecule has 20 heavy (non-hydrogen) atoms. The maximum Gasteiger partial charge on any atom is 0.406 e. The second kappa shape index (κ2) is 4.90. The number of hydrogen-bond acceptors (Lipinski definition) is 2. The van der Waals surface area contributed by atoms with E-state index in [1.807, 2.05) is 0 Å². The van der Waals surface area contributed by atoms with Crippen molar-refractivity contribution in [1.29, 1.82) is 0 Å². The molecule has 2 unspecified atom stereocenters. The summed E-state index contributed by atoms with van der Waals surface area (Å²) in [5.41, 5.74) is -2.63. The lowest BCUT2D eigenvalue weighted by molar-refractivity contribution is -0.228. The molecule has 116 valence electrons. The minimum Gasteiger partial charge on any atom is -0.481 e. The van der Waals surface area contributed by atoms with Crippen molar-refractivity contribution in [2.24, 2.45) is 10.8 Å². The van der Waals surface area contributed by atoms with E-state index >= 15 is 0 Å². The average molecular weight is 293 g/mol. The van der Waals surface area contributed by atoms with E-state index in [1.165, 1.54) is 0 Å². The van der Waals surface area contributed by atoms with Gasteiger partial charge in [-0.2, -0.15) is 13.2 Å². The van der Waals surface area contributed by atoms with Crippen molar-refractivity contribution < 1.29 is 23.1 Å². The molecule has 3 nitrogen and oxygen atoms in total. The van der Waals surface area contributed by atoms with Crippen molar-refractivity contribution in [2.75, 3.05) is 13.1 Å². The highest BCUT2D eigenvalue weighted by Gasteiger charge is 2.64. The Morgan fingerprint density at radius 2 is 1.90 bits per heavy atom. The van der Waals surface area contributed by atoms with Gasteiger partial charge in [0, 0.05) is 12.6 Å². The third-order valence-electron chi connectivity index (χ3n) is 5.14. The van der Waals surface area contributed by atoms with Crippen LogP contribution in [0.15, 0.2) is 0 Å². The second-order valence-electron chi connectivity index (χ2n) is 6.86. The number of aliphatic carboxylic acids is 1. The van der Waals surface area contributed by atoms with E-state index in [4.69, 9.17) is 5.11 Å². The molecule has 2 atom stereocenters. The molecule has 0 radical (unpaired) electrons. The fraction of sp³-hybridized carbons (Fsp3) is 0.929. The molecular weight excluding hydrogens is 271 g/mol. The first kappa shape index (κ1) is 15.6. The van der Waals surface area contributed by atoms with Gasteiger partial charge in [0.2, 0.25) is 0 Å². The summed E-state index contributed by atoms with van der Waals surface area (Å²) in [6, 6.07) is 0.0554. The molecule has 0 spiro atoms. The first-order valence-corrected chi connectivity index (χ1v) is 7.14. The highest BCUT2D eigenvalue weighted by molar-refractivity contribution is 5.76. The van der Waals surface area contributed by atoms with Crippen molar-refractivity contribution >= 4 is 5.97 Å². The van der Waals surface area contributed by atoms with Crippen LogP contribution in [0.25, 0.3) is 0 Å². The lowest BCUT2D eigenvalue weighted by Crippen LogP contribution is -2.51. The first-order valence-electron chi connectivity index (χ1n) is 7.14. The molecule has 1 heterocycles. The molecule has 0 aromatic carbocycles. The van der Waals surface area contributed by atoms with Gasteiger partial charge < -0.3 is 5.11 Å². The van der Waals surface area contributed by atoms with E-state index in [9.17, 15) is 18.0 Å². The van der Waals surface area contributed by atoms with Crippen molar-refractivity contribution in [1.82, 2.24) is 4.90 Å². The summed E-state index contributed by atoms with van der Waals surface area (Å²) < 4.78 is 39.6. The van der Waals surface area contributed by atoms with Crippen LogP contribution in [-0.4, -0.2) is 41.3 Å². The predicted molar refractivity (Wildman–Crippen MR) is 68.4 cm³/mol. The molecule has 2 aliphatic rings. The summed E-state index contributed by atoms with van der Waals surface area (Å²) in [4.78, 5) is 13.0. The predicted octanol–water partition coefficient (Wildman–Crippen LogP) is 3.29. The third kappa shape index (κ3) is 2.43. The monoisotopic (exact) mass is 293 g/mol. The summed E-state index contributed by atoms with van der Waals surface area (Å²) in [6.07, 6.45) is -1.07. The number of alkyl halides is 3. The van der Waals surface area contributed by atoms with Crippen molar-refractivity contribution in [3.8, 4) is 0 Å². The minimum absolute atomic E-state index is 0.0432. The zero-order valence-electron chi connectivity index (χ0n) is 12.0. The highest BCUT2D eigenvalue weighted by Crippen LogP contribution is 2.49. The topological polar surface area (TPSA) is 40.5 Å². The Labute approximate surface area is 117 Å². The van der Waals surface area contributed by atoms with Crippen molar-refractivity contribution in [2.45, 2.75) is 58.2 Å². The standard InChI is InChI=1S/C14H22F3NO2/c1-12(2)6-4-3-5-10(12)18-8-7-13(9-18,11(19)20)14(15,16)17/h10H,3-9H2,1-2H3,(H,19,20). The highest BCUT2D eigenvalue weighted by atomic mass is 19.4. The summed E-state index contributed by atoms with van der Waals surface area (Å²) in [6.45, 7) is 3.97. The molecule has 0 bridgehead atoms. The maximum atomic E-state index is 13.2. The Balaban J connectivity index is 2.20. The molecule has 2 rings (SSSR count). The number of halogens is 3. The van der Waals surface area contributed by atoms with E-state index in [0.717, 1.165) is 25.7 Å². The van der Waals surface area contributed by atoms with Crippen molar-refractivity contribution in [3.63, 3.8) is 0 Å². The van der Waals surface area contributed by atoms with Gasteiger partial charge in [-0.1, -0.05) is 26.7 Å². The molecule has 1 saturated heterocycles. The van der Waals surface area contributed by atoms with E-state index in [2.05, 4.69) is 13.8 Å². The molecule has 1 aliphatic carbocycles. The Hall–Kier alpha value is -0.780. The quantitative estimate of drug-likeness (QED) is 0.849. The largest absolute Gasteiger partial charge is 0.481 e. The van der Waals surface area contributed by atoms with Crippen LogP contribution in [0.4, 0.5) is 13.2 Å². The van der Waals surface area contributed by atoms with E-state index in [1.54, 1.807) is 4.90 Å². The molecule has 0 aromatic heterocycles. The number of nitrogens with zero attached hydrogens (tertiary/aromatic N) is 1. The van der Waals surface area contributed by atoms with Gasteiger partial charge in [0.15, 0.2) is 5.41 Å². The second-order valence-corrected chi connectivity index (χ2v) is 6.86. The SMILES string of the molecule is CC1(C)CCCCC1N1CCC(C(=O)O)(C(F)(F)F)C1. The van der Waals surface area contributed by atoms with Gasteiger partial charge >= 0.3 is 12.1 Å². The molecular formula is C14H22F3NO2. The molecule has 1 aliphatic heterocycles. The van der Waals surface area contributed by atoms with Gasteiger partial charge in [-0.15, -0.1) is 0 Å². The number of carboxylic acid groups (broad SMARTS) is 1. The van der Waals surface area contributed by atoms with Crippen LogP contribution in [0.2, 0.25) is 0 Å². The normalized spacial score (nSPS) is 35.1. The summed E-state index contributed by atoms with van der Waals surface area (Å²) in [5, 5.41) is 9.10. The zero-order valence-corrected chi connectivity index (χ0v) is 12.0. The fourth-order valence-corrected chi connectivity index (χ4v) is 3.78. The maximum absolute atomic E-state index is 13.2. The number of carbonyl (C=O) groups is 1. The first-order chi connectivity index (χ1) is 9.10. The number of carboxylic acids is 1. The molecule has 2 fully saturated rings. The van der Waals surface area contributed by atoms with E-state index in [0.29, 0.717) is 0 Å². The van der Waals surface area contributed by atoms with Crippen LogP contribution in [0, 0.1) is 10.8 Å². The van der Waals surface area contributed by atoms with Crippen molar-refractivity contribution in [3.05, 3.63) is 0 Å². The molecule has 1 N–H and O–H groups in total. The lowest BCUT2D eigenvalue weighted by atomic mass is 9.72. The van der Waals surface area contributed by atoms with E-state index < -0.39 is 24.1 Å². The average Bonchev–Trinajstić information content (AvgIpc) is 2.73. The Kier molecular flexibility index (Phi) is 3.82. The van der Waals surface area contributed by atoms with E-state index in [-0.39, 0.29) is 24.4 Å². The Morgan fingerprint density at radius 3 is 2.35 bits per heavy atom. The Bertz CT molecular complexity index is 394. The van der Waals surface area contributed by atoms with Crippen LogP contribution in [0.5, 0.6) is 0 Å². The lowest BCUT2D eigenvalue weighted by Gasteiger charge is -2.44. The smallest absolute Gasteiger partial charge is 0.406 e. The summed E-state index contributed by atoms with van der Waals surface area (Å²) >= 11 is 0. The van der Waals surface area contributed by atoms with Gasteiger partial charge in [0.25, 0.3) is 0 Å². The van der Waals surface area contributed by atoms with Gasteiger partial charge in [-0.25, -0.2) is 0 Å². The van der Waals surface area contributed by atoms with Gasteiger partial charge in [-0.05, 0) is 31.2 Å². The van der Waals surface area contributed by atoms with Crippen LogP contribution in [0.1, 0.15) is 46.0 Å². The van der Waals surface area contributed by atoms with Gasteiger partial charge in [0.05, 0.1) is 0 Å². The number of rotatable bonds is 2. The minimum atomic E-state index is -4.69. The Morgan fingerprint density at radius 1 is 1.25 bits per heavy atom. The van der Waals surface area contributed by atoms with Gasteiger partial charge in [0.1, 0.15) is 0 Å². The van der Waals surface area contributed by atoms with Crippen LogP contribution >= 0.6 is 0 Å². The fourth-order valence-electron chi connectivity index (χ4n) is 3.78. The zero-order chi connectivity index (χ0) is 15.2. The van der Waals surface area contributed by atoms with Crippen LogP contribution in [0.3, 0.4) is 0 Å². The third-order valence-corrected chi connectivity index (χ3v) is 5.14. The van der Waals surface area contributed by atoms with Crippen LogP contribution < -0.4 is 0 Å². The van der Waals surface area contributed by atoms with Gasteiger partial charge in [-0.3, -0.25) is 9.69 Å². The molecule has 6 heteroatoms. The molecule has 0 aromatic rings. The number of likely N-dealkylation sites (tertiary alicyclic amines) is 1. The molecule has 0 amide bonds. The number of hydrogen-bond donors (Lipinski definition) is 1. The molecule has 1 saturated carbocycles. The summed E-state index contributed by atoms with van der Waals surface area (Å²) in [7, 11) is 0. The summed E-state index contributed by atoms with van der Waals surface area (Å²) in [5.74, 6) is -1.74. The van der Waals surface area contributed by atoms with Crippen LogP contribution in [-0.2, 0) is 4.79 Å².